The van der Waals surface area contributed by atoms with Gasteiger partial charge in [0.1, 0.15) is 17.7 Å². The first-order valence-corrected chi connectivity index (χ1v) is 7.95. The molecule has 1 fully saturated rings. The second kappa shape index (κ2) is 7.91. The highest BCUT2D eigenvalue weighted by atomic mass is 35.5. The molecule has 2 aromatic carbocycles. The molecular formula is C16H14Cl4FNO. The lowest BCUT2D eigenvalue weighted by atomic mass is 9.91. The van der Waals surface area contributed by atoms with Crippen molar-refractivity contribution in [1.82, 2.24) is 5.32 Å². The van der Waals surface area contributed by atoms with Gasteiger partial charge in [0.15, 0.2) is 0 Å². The van der Waals surface area contributed by atoms with Crippen molar-refractivity contribution in [2.24, 2.45) is 5.92 Å². The third kappa shape index (κ3) is 4.23. The summed E-state index contributed by atoms with van der Waals surface area (Å²) in [6, 6.07) is 9.79. The van der Waals surface area contributed by atoms with E-state index in [0.29, 0.717) is 15.8 Å². The molecule has 0 aromatic heterocycles. The smallest absolute Gasteiger partial charge is 0.141 e. The molecule has 1 aliphatic rings. The Labute approximate surface area is 155 Å². The molecule has 1 heterocycles. The maximum atomic E-state index is 13.4. The Morgan fingerprint density at radius 1 is 1.00 bits per heavy atom. The van der Waals surface area contributed by atoms with Crippen LogP contribution in [0.15, 0.2) is 36.4 Å². The van der Waals surface area contributed by atoms with Gasteiger partial charge in [0.25, 0.3) is 0 Å². The second-order valence-electron chi connectivity index (χ2n) is 5.21. The van der Waals surface area contributed by atoms with Gasteiger partial charge in [-0.15, -0.1) is 12.4 Å². The van der Waals surface area contributed by atoms with E-state index in [0.717, 1.165) is 18.7 Å². The number of nitrogens with one attached hydrogen (secondary N) is 1. The largest absolute Gasteiger partial charge is 0.485 e. The minimum absolute atomic E-state index is 0. The maximum Gasteiger partial charge on any atom is 0.141 e. The summed E-state index contributed by atoms with van der Waals surface area (Å²) < 4.78 is 19.4. The first-order chi connectivity index (χ1) is 10.5. The van der Waals surface area contributed by atoms with Crippen LogP contribution < -0.4 is 10.1 Å². The predicted octanol–water partition coefficient (Wildman–Crippen LogP) is 5.55. The van der Waals surface area contributed by atoms with Gasteiger partial charge in [-0.1, -0.05) is 40.9 Å². The van der Waals surface area contributed by atoms with Crippen LogP contribution in [0.4, 0.5) is 4.39 Å². The maximum absolute atomic E-state index is 13.4. The van der Waals surface area contributed by atoms with E-state index < -0.39 is 5.82 Å². The van der Waals surface area contributed by atoms with Gasteiger partial charge in [0.2, 0.25) is 0 Å². The van der Waals surface area contributed by atoms with Crippen molar-refractivity contribution < 1.29 is 9.13 Å². The molecule has 1 N–H and O–H groups in total. The van der Waals surface area contributed by atoms with Crippen LogP contribution in [0.3, 0.4) is 0 Å². The number of benzene rings is 2. The molecular weight excluding hydrogens is 383 g/mol. The number of hydrogen-bond donors (Lipinski definition) is 1. The third-order valence-electron chi connectivity index (χ3n) is 3.67. The summed E-state index contributed by atoms with van der Waals surface area (Å²) >= 11 is 17.8. The third-order valence-corrected chi connectivity index (χ3v) is 4.70. The van der Waals surface area contributed by atoms with Gasteiger partial charge < -0.3 is 10.1 Å². The zero-order chi connectivity index (χ0) is 15.7. The Hall–Kier alpha value is -0.710. The number of halogens is 5. The van der Waals surface area contributed by atoms with Crippen LogP contribution in [0.1, 0.15) is 11.7 Å². The summed E-state index contributed by atoms with van der Waals surface area (Å²) in [6.07, 6.45) is -0.225. The lowest BCUT2D eigenvalue weighted by Gasteiger charge is -2.35. The van der Waals surface area contributed by atoms with E-state index in [-0.39, 0.29) is 29.5 Å². The van der Waals surface area contributed by atoms with Crippen LogP contribution in [0.25, 0.3) is 0 Å². The Bertz CT molecular complexity index is 694. The summed E-state index contributed by atoms with van der Waals surface area (Å²) in [7, 11) is 0. The molecule has 23 heavy (non-hydrogen) atoms. The zero-order valence-corrected chi connectivity index (χ0v) is 14.9. The zero-order valence-electron chi connectivity index (χ0n) is 11.9. The van der Waals surface area contributed by atoms with E-state index in [1.54, 1.807) is 30.3 Å². The molecule has 0 aliphatic carbocycles. The molecule has 0 spiro atoms. The predicted molar refractivity (Wildman–Crippen MR) is 94.8 cm³/mol. The van der Waals surface area contributed by atoms with Crippen molar-refractivity contribution in [3.05, 3.63) is 62.8 Å². The molecule has 7 heteroatoms. The average molecular weight is 397 g/mol. The van der Waals surface area contributed by atoms with E-state index in [2.05, 4.69) is 5.32 Å². The van der Waals surface area contributed by atoms with Crippen molar-refractivity contribution in [2.45, 2.75) is 6.10 Å². The molecule has 3 rings (SSSR count). The van der Waals surface area contributed by atoms with Crippen LogP contribution in [-0.4, -0.2) is 13.1 Å². The van der Waals surface area contributed by atoms with E-state index in [4.69, 9.17) is 39.5 Å². The van der Waals surface area contributed by atoms with E-state index in [1.165, 1.54) is 6.07 Å². The van der Waals surface area contributed by atoms with Gasteiger partial charge in [-0.3, -0.25) is 0 Å². The summed E-state index contributed by atoms with van der Waals surface area (Å²) in [4.78, 5) is 0. The standard InChI is InChI=1S/C16H13Cl3FNO.ClH/c17-12-3-2-11(6-13(12)18)22-16(10-7-21-8-10)9-1-4-15(20)14(19)5-9;/h1-6,10,16,21H,7-8H2;1H. The van der Waals surface area contributed by atoms with Crippen molar-refractivity contribution >= 4 is 47.2 Å². The van der Waals surface area contributed by atoms with Crippen LogP contribution in [0.5, 0.6) is 5.75 Å². The topological polar surface area (TPSA) is 21.3 Å². The van der Waals surface area contributed by atoms with Crippen molar-refractivity contribution in [3.8, 4) is 5.75 Å². The molecule has 1 saturated heterocycles. The van der Waals surface area contributed by atoms with Gasteiger partial charge in [-0.05, 0) is 29.8 Å². The molecule has 0 radical (unpaired) electrons. The molecule has 124 valence electrons. The van der Waals surface area contributed by atoms with Crippen LogP contribution in [0, 0.1) is 11.7 Å². The molecule has 0 amide bonds. The number of rotatable bonds is 4. The fourth-order valence-electron chi connectivity index (χ4n) is 2.35. The number of hydrogen-bond acceptors (Lipinski definition) is 2. The van der Waals surface area contributed by atoms with Crippen LogP contribution >= 0.6 is 47.2 Å². The first-order valence-electron chi connectivity index (χ1n) is 6.82. The minimum Gasteiger partial charge on any atom is -0.485 e. The van der Waals surface area contributed by atoms with Gasteiger partial charge in [0, 0.05) is 25.1 Å². The first kappa shape index (κ1) is 18.6. The van der Waals surface area contributed by atoms with Gasteiger partial charge in [0.05, 0.1) is 15.1 Å². The Balaban J connectivity index is 0.00000192. The second-order valence-corrected chi connectivity index (χ2v) is 6.43. The summed E-state index contributed by atoms with van der Waals surface area (Å²) in [5.74, 6) is 0.466. The highest BCUT2D eigenvalue weighted by Gasteiger charge is 2.30. The van der Waals surface area contributed by atoms with E-state index in [1.807, 2.05) is 0 Å². The quantitative estimate of drug-likeness (QED) is 0.731. The molecule has 1 atom stereocenters. The Morgan fingerprint density at radius 3 is 2.30 bits per heavy atom. The lowest BCUT2D eigenvalue weighted by molar-refractivity contribution is 0.0993. The molecule has 0 bridgehead atoms. The summed E-state index contributed by atoms with van der Waals surface area (Å²) in [5, 5.41) is 4.20. The Kier molecular flexibility index (Phi) is 6.40. The van der Waals surface area contributed by atoms with E-state index in [9.17, 15) is 4.39 Å². The van der Waals surface area contributed by atoms with Crippen LogP contribution in [-0.2, 0) is 0 Å². The van der Waals surface area contributed by atoms with Crippen molar-refractivity contribution in [3.63, 3.8) is 0 Å². The SMILES string of the molecule is Cl.Fc1ccc(C(Oc2ccc(Cl)c(Cl)c2)C2CNC2)cc1Cl. The van der Waals surface area contributed by atoms with E-state index >= 15 is 0 Å². The van der Waals surface area contributed by atoms with Gasteiger partial charge in [-0.25, -0.2) is 4.39 Å². The van der Waals surface area contributed by atoms with Gasteiger partial charge >= 0.3 is 0 Å². The monoisotopic (exact) mass is 395 g/mol. The van der Waals surface area contributed by atoms with Crippen molar-refractivity contribution in [2.75, 3.05) is 13.1 Å². The van der Waals surface area contributed by atoms with Crippen LogP contribution in [0.2, 0.25) is 15.1 Å². The Morgan fingerprint density at radius 2 is 1.74 bits per heavy atom. The summed E-state index contributed by atoms with van der Waals surface area (Å²) in [5.41, 5.74) is 0.837. The highest BCUT2D eigenvalue weighted by molar-refractivity contribution is 6.42. The summed E-state index contributed by atoms with van der Waals surface area (Å²) in [6.45, 7) is 1.67. The molecule has 0 saturated carbocycles. The normalized spacial score (nSPS) is 15.5. The number of ether oxygens (including phenoxy) is 1. The molecule has 2 nitrogen and oxygen atoms in total. The average Bonchev–Trinajstić information content (AvgIpc) is 2.43. The van der Waals surface area contributed by atoms with Crippen molar-refractivity contribution in [1.29, 1.82) is 0 Å². The lowest BCUT2D eigenvalue weighted by Crippen LogP contribution is -2.46. The molecule has 1 unspecified atom stereocenters. The highest BCUT2D eigenvalue weighted by Crippen LogP contribution is 2.34. The fraction of sp³-hybridized carbons (Fsp3) is 0.250. The fourth-order valence-corrected chi connectivity index (χ4v) is 2.82. The van der Waals surface area contributed by atoms with Gasteiger partial charge in [-0.2, -0.15) is 0 Å². The molecule has 1 aliphatic heterocycles. The molecule has 2 aromatic rings. The minimum atomic E-state index is -0.439.